The molecule has 2 rings (SSSR count). The maximum Gasteiger partial charge on any atom is 0.247 e. The number of carbonyl (C=O) groups excluding carboxylic acids is 2. The molecule has 2 heterocycles. The van der Waals surface area contributed by atoms with Crippen LogP contribution in [-0.2, 0) is 15.1 Å². The first-order chi connectivity index (χ1) is 9.36. The molecule has 1 aromatic rings. The lowest BCUT2D eigenvalue weighted by Crippen LogP contribution is -2.48. The predicted molar refractivity (Wildman–Crippen MR) is 78.3 cm³/mol. The van der Waals surface area contributed by atoms with E-state index in [0.29, 0.717) is 0 Å². The lowest BCUT2D eigenvalue weighted by Gasteiger charge is -2.28. The van der Waals surface area contributed by atoms with Crippen molar-refractivity contribution < 1.29 is 9.59 Å². The van der Waals surface area contributed by atoms with E-state index in [-0.39, 0.29) is 24.3 Å². The van der Waals surface area contributed by atoms with Crippen molar-refractivity contribution in [3.8, 4) is 0 Å². The van der Waals surface area contributed by atoms with E-state index in [1.807, 2.05) is 33.1 Å². The van der Waals surface area contributed by atoms with Crippen LogP contribution in [0.25, 0.3) is 0 Å². The van der Waals surface area contributed by atoms with Crippen molar-refractivity contribution in [2.45, 2.75) is 58.2 Å². The first-order valence-corrected chi connectivity index (χ1v) is 7.78. The van der Waals surface area contributed by atoms with Crippen LogP contribution in [0.15, 0.2) is 11.6 Å². The minimum atomic E-state index is -0.449. The average molecular weight is 295 g/mol. The molecular formula is C14H21N3O2S. The molecule has 1 N–H and O–H groups in total. The third kappa shape index (κ3) is 2.76. The highest BCUT2D eigenvalue weighted by Crippen LogP contribution is 2.26. The number of hydrogen-bond donors (Lipinski definition) is 1. The summed E-state index contributed by atoms with van der Waals surface area (Å²) in [5, 5.41) is 6.11. The van der Waals surface area contributed by atoms with Gasteiger partial charge in [0, 0.05) is 17.6 Å². The molecule has 2 atom stereocenters. The molecule has 1 aliphatic rings. The first kappa shape index (κ1) is 15.1. The number of amides is 2. The number of rotatable bonds is 5. The maximum absolute atomic E-state index is 12.4. The van der Waals surface area contributed by atoms with E-state index in [4.69, 9.17) is 0 Å². The van der Waals surface area contributed by atoms with Gasteiger partial charge in [0.25, 0.3) is 0 Å². The Morgan fingerprint density at radius 2 is 2.25 bits per heavy atom. The van der Waals surface area contributed by atoms with Gasteiger partial charge in [-0.25, -0.2) is 4.98 Å². The second kappa shape index (κ2) is 5.61. The van der Waals surface area contributed by atoms with Crippen LogP contribution in [0.4, 0.5) is 0 Å². The van der Waals surface area contributed by atoms with Crippen LogP contribution in [0, 0.1) is 0 Å². The molecule has 0 aromatic carbocycles. The highest BCUT2D eigenvalue weighted by atomic mass is 32.1. The monoisotopic (exact) mass is 295 g/mol. The maximum atomic E-state index is 12.4. The van der Waals surface area contributed by atoms with E-state index >= 15 is 0 Å². The minimum Gasteiger partial charge on any atom is -0.294 e. The van der Waals surface area contributed by atoms with Gasteiger partial charge in [0.2, 0.25) is 11.8 Å². The third-order valence-corrected chi connectivity index (χ3v) is 4.81. The summed E-state index contributed by atoms with van der Waals surface area (Å²) in [4.78, 5) is 30.1. The number of imide groups is 1. The van der Waals surface area contributed by atoms with E-state index in [9.17, 15) is 9.59 Å². The zero-order chi connectivity index (χ0) is 14.9. The van der Waals surface area contributed by atoms with E-state index in [1.54, 1.807) is 17.5 Å². The lowest BCUT2D eigenvalue weighted by molar-refractivity contribution is -0.141. The summed E-state index contributed by atoms with van der Waals surface area (Å²) in [6.45, 7) is 7.85. The van der Waals surface area contributed by atoms with Crippen molar-refractivity contribution >= 4 is 23.2 Å². The molecule has 0 radical (unpaired) electrons. The SMILES string of the molecule is CCC(C)N1C(=O)CC(NC(C)(C)c2nccs2)C1=O. The molecule has 0 spiro atoms. The van der Waals surface area contributed by atoms with Gasteiger partial charge in [0.05, 0.1) is 18.0 Å². The summed E-state index contributed by atoms with van der Waals surface area (Å²) < 4.78 is 0. The Morgan fingerprint density at radius 1 is 1.55 bits per heavy atom. The summed E-state index contributed by atoms with van der Waals surface area (Å²) >= 11 is 1.54. The highest BCUT2D eigenvalue weighted by Gasteiger charge is 2.43. The molecule has 5 nitrogen and oxygen atoms in total. The van der Waals surface area contributed by atoms with Crippen LogP contribution < -0.4 is 5.32 Å². The Labute approximate surface area is 123 Å². The largest absolute Gasteiger partial charge is 0.294 e. The van der Waals surface area contributed by atoms with Gasteiger partial charge in [-0.3, -0.25) is 19.8 Å². The Kier molecular flexibility index (Phi) is 4.25. The molecule has 0 saturated carbocycles. The number of aromatic nitrogens is 1. The molecule has 1 aliphatic heterocycles. The average Bonchev–Trinajstić information content (AvgIpc) is 2.99. The van der Waals surface area contributed by atoms with Crippen molar-refractivity contribution in [1.29, 1.82) is 0 Å². The van der Waals surface area contributed by atoms with E-state index in [0.717, 1.165) is 11.4 Å². The summed E-state index contributed by atoms with van der Waals surface area (Å²) in [6.07, 6.45) is 2.76. The van der Waals surface area contributed by atoms with Crippen LogP contribution in [0.1, 0.15) is 45.5 Å². The molecular weight excluding hydrogens is 274 g/mol. The summed E-state index contributed by atoms with van der Waals surface area (Å²) in [6, 6.07) is -0.486. The zero-order valence-electron chi connectivity index (χ0n) is 12.3. The second-order valence-electron chi connectivity index (χ2n) is 5.72. The van der Waals surface area contributed by atoms with E-state index in [2.05, 4.69) is 10.3 Å². The molecule has 1 saturated heterocycles. The van der Waals surface area contributed by atoms with E-state index in [1.165, 1.54) is 4.90 Å². The van der Waals surface area contributed by atoms with Crippen molar-refractivity contribution in [2.24, 2.45) is 0 Å². The molecule has 20 heavy (non-hydrogen) atoms. The topological polar surface area (TPSA) is 62.3 Å². The molecule has 110 valence electrons. The minimum absolute atomic E-state index is 0.0372. The van der Waals surface area contributed by atoms with Crippen molar-refractivity contribution in [1.82, 2.24) is 15.2 Å². The first-order valence-electron chi connectivity index (χ1n) is 6.90. The standard InChI is InChI=1S/C14H21N3O2S/c1-5-9(2)17-11(18)8-10(12(17)19)16-14(3,4)13-15-6-7-20-13/h6-7,9-10,16H,5,8H2,1-4H3. The summed E-state index contributed by atoms with van der Waals surface area (Å²) in [5.41, 5.74) is -0.416. The number of thiazole rings is 1. The van der Waals surface area contributed by atoms with Gasteiger partial charge < -0.3 is 0 Å². The van der Waals surface area contributed by atoms with Gasteiger partial charge in [-0.2, -0.15) is 0 Å². The van der Waals surface area contributed by atoms with Crippen LogP contribution >= 0.6 is 11.3 Å². The highest BCUT2D eigenvalue weighted by molar-refractivity contribution is 7.09. The fraction of sp³-hybridized carbons (Fsp3) is 0.643. The number of nitrogens with zero attached hydrogens (tertiary/aromatic N) is 2. The molecule has 6 heteroatoms. The van der Waals surface area contributed by atoms with Crippen LogP contribution in [0.2, 0.25) is 0 Å². The predicted octanol–water partition coefficient (Wildman–Crippen LogP) is 1.89. The zero-order valence-corrected chi connectivity index (χ0v) is 13.2. The van der Waals surface area contributed by atoms with Gasteiger partial charge in [-0.1, -0.05) is 6.92 Å². The van der Waals surface area contributed by atoms with Crippen molar-refractivity contribution in [3.05, 3.63) is 16.6 Å². The number of nitrogens with one attached hydrogen (secondary N) is 1. The third-order valence-electron chi connectivity index (χ3n) is 3.72. The van der Waals surface area contributed by atoms with E-state index < -0.39 is 11.6 Å². The quantitative estimate of drug-likeness (QED) is 0.843. The van der Waals surface area contributed by atoms with Crippen molar-refractivity contribution in [2.75, 3.05) is 0 Å². The normalized spacial score (nSPS) is 21.6. The molecule has 0 bridgehead atoms. The smallest absolute Gasteiger partial charge is 0.247 e. The fourth-order valence-corrected chi connectivity index (χ4v) is 3.16. The molecule has 0 aliphatic carbocycles. The summed E-state index contributed by atoms with van der Waals surface area (Å²) in [5.74, 6) is -0.203. The van der Waals surface area contributed by atoms with Gasteiger partial charge in [0.1, 0.15) is 5.01 Å². The van der Waals surface area contributed by atoms with Crippen LogP contribution in [0.3, 0.4) is 0 Å². The van der Waals surface area contributed by atoms with Gasteiger partial charge in [-0.05, 0) is 27.2 Å². The van der Waals surface area contributed by atoms with Gasteiger partial charge >= 0.3 is 0 Å². The van der Waals surface area contributed by atoms with Crippen LogP contribution in [-0.4, -0.2) is 33.8 Å². The second-order valence-corrected chi connectivity index (χ2v) is 6.62. The number of likely N-dealkylation sites (tertiary alicyclic amines) is 1. The Bertz CT molecular complexity index is 499. The molecule has 2 unspecified atom stereocenters. The molecule has 2 amide bonds. The lowest BCUT2D eigenvalue weighted by atomic mass is 10.0. The Balaban J connectivity index is 2.12. The Hall–Kier alpha value is -1.27. The number of hydrogen-bond acceptors (Lipinski definition) is 5. The number of carbonyl (C=O) groups is 2. The molecule has 1 fully saturated rings. The molecule has 1 aromatic heterocycles. The van der Waals surface area contributed by atoms with Gasteiger partial charge in [0.15, 0.2) is 0 Å². The van der Waals surface area contributed by atoms with Gasteiger partial charge in [-0.15, -0.1) is 11.3 Å². The van der Waals surface area contributed by atoms with Crippen LogP contribution in [0.5, 0.6) is 0 Å². The Morgan fingerprint density at radius 3 is 2.80 bits per heavy atom. The summed E-state index contributed by atoms with van der Waals surface area (Å²) in [7, 11) is 0. The fourth-order valence-electron chi connectivity index (χ4n) is 2.44. The van der Waals surface area contributed by atoms with Crippen molar-refractivity contribution in [3.63, 3.8) is 0 Å².